The molecule has 27 heavy (non-hydrogen) atoms. The Morgan fingerprint density at radius 2 is 2.04 bits per heavy atom. The van der Waals surface area contributed by atoms with E-state index in [0.29, 0.717) is 30.2 Å². The van der Waals surface area contributed by atoms with Crippen molar-refractivity contribution in [3.63, 3.8) is 0 Å². The molecule has 0 spiro atoms. The van der Waals surface area contributed by atoms with Crippen molar-refractivity contribution >= 4 is 16.0 Å². The van der Waals surface area contributed by atoms with Gasteiger partial charge in [-0.2, -0.15) is 4.31 Å². The van der Waals surface area contributed by atoms with E-state index in [4.69, 9.17) is 20.6 Å². The summed E-state index contributed by atoms with van der Waals surface area (Å²) in [7, 11) is 1.47. The van der Waals surface area contributed by atoms with E-state index in [1.54, 1.807) is 25.2 Å². The van der Waals surface area contributed by atoms with Gasteiger partial charge in [0.25, 0.3) is 0 Å². The van der Waals surface area contributed by atoms with Crippen molar-refractivity contribution in [3.05, 3.63) is 23.8 Å². The highest BCUT2D eigenvalue weighted by Gasteiger charge is 2.37. The van der Waals surface area contributed by atoms with Gasteiger partial charge in [-0.15, -0.1) is 6.42 Å². The van der Waals surface area contributed by atoms with Crippen molar-refractivity contribution in [3.8, 4) is 23.8 Å². The lowest BCUT2D eigenvalue weighted by atomic mass is 10.2. The normalized spacial score (nSPS) is 18.9. The Hall–Kier alpha value is -2.28. The Labute approximate surface area is 160 Å². The van der Waals surface area contributed by atoms with Crippen molar-refractivity contribution in [2.24, 2.45) is 0 Å². The fraction of sp³-hybridized carbons (Fsp3) is 0.500. The van der Waals surface area contributed by atoms with Crippen molar-refractivity contribution in [2.45, 2.75) is 6.04 Å². The highest BCUT2D eigenvalue weighted by atomic mass is 32.2. The number of rotatable bonds is 8. The average Bonchev–Trinajstić information content (AvgIpc) is 2.95. The third-order valence-electron chi connectivity index (χ3n) is 4.40. The van der Waals surface area contributed by atoms with Gasteiger partial charge in [-0.1, -0.05) is 5.92 Å². The molecule has 0 radical (unpaired) electrons. The average molecular weight is 396 g/mol. The highest BCUT2D eigenvalue weighted by Crippen LogP contribution is 2.27. The monoisotopic (exact) mass is 396 g/mol. The number of hydrogen-bond donors (Lipinski definition) is 0. The number of likely N-dealkylation sites (N-methyl/N-ethyl adjacent to an activating group) is 1. The minimum absolute atomic E-state index is 0.00874. The Morgan fingerprint density at radius 1 is 1.33 bits per heavy atom. The van der Waals surface area contributed by atoms with Crippen LogP contribution in [0.4, 0.5) is 0 Å². The highest BCUT2D eigenvalue weighted by molar-refractivity contribution is 7.89. The van der Waals surface area contributed by atoms with E-state index in [9.17, 15) is 13.2 Å². The molecule has 0 aliphatic carbocycles. The first-order valence-electron chi connectivity index (χ1n) is 8.33. The molecule has 0 saturated carbocycles. The lowest BCUT2D eigenvalue weighted by molar-refractivity contribution is 0.0457. The fourth-order valence-corrected chi connectivity index (χ4v) is 4.52. The molecule has 1 heterocycles. The number of benzene rings is 1. The topological polar surface area (TPSA) is 85.4 Å². The Bertz CT molecular complexity index is 818. The van der Waals surface area contributed by atoms with Crippen LogP contribution in [-0.4, -0.2) is 82.9 Å². The van der Waals surface area contributed by atoms with Gasteiger partial charge in [-0.3, -0.25) is 4.90 Å². The number of esters is 1. The third-order valence-corrected chi connectivity index (χ3v) is 6.27. The Balaban J connectivity index is 1.87. The van der Waals surface area contributed by atoms with E-state index < -0.39 is 16.0 Å². The summed E-state index contributed by atoms with van der Waals surface area (Å²) in [6, 6.07) is 4.58. The number of nitrogens with zero attached hydrogens (tertiary/aromatic N) is 2. The first kappa shape index (κ1) is 21.0. The SMILES string of the molecule is C#CCN1CC(N(C)CCOC(=O)c2ccc(OC)c(OC)c2)CS1(=O)=O. The van der Waals surface area contributed by atoms with Crippen molar-refractivity contribution < 1.29 is 27.4 Å². The van der Waals surface area contributed by atoms with Gasteiger partial charge >= 0.3 is 5.97 Å². The standard InChI is InChI=1S/C18H24N2O6S/c1-5-8-20-12-15(13-27(20,22)23)19(2)9-10-26-18(21)14-6-7-16(24-3)17(11-14)25-4/h1,6-7,11,15H,8-10,12-13H2,2-4H3. The van der Waals surface area contributed by atoms with Crippen LogP contribution < -0.4 is 9.47 Å². The molecule has 1 atom stereocenters. The molecular formula is C18H24N2O6S. The summed E-state index contributed by atoms with van der Waals surface area (Å²) in [6.07, 6.45) is 5.21. The summed E-state index contributed by atoms with van der Waals surface area (Å²) in [5, 5.41) is 0. The van der Waals surface area contributed by atoms with E-state index in [0.717, 1.165) is 0 Å². The fourth-order valence-electron chi connectivity index (χ4n) is 2.79. The van der Waals surface area contributed by atoms with Gasteiger partial charge in [-0.05, 0) is 25.2 Å². The summed E-state index contributed by atoms with van der Waals surface area (Å²) in [4.78, 5) is 14.0. The molecule has 0 aromatic heterocycles. The predicted molar refractivity (Wildman–Crippen MR) is 100 cm³/mol. The van der Waals surface area contributed by atoms with Crippen LogP contribution in [0.5, 0.6) is 11.5 Å². The predicted octanol–water partition coefficient (Wildman–Crippen LogP) is 0.440. The smallest absolute Gasteiger partial charge is 0.338 e. The van der Waals surface area contributed by atoms with Crippen LogP contribution in [0.25, 0.3) is 0 Å². The van der Waals surface area contributed by atoms with Crippen molar-refractivity contribution in [1.82, 2.24) is 9.21 Å². The molecule has 2 rings (SSSR count). The molecule has 9 heteroatoms. The summed E-state index contributed by atoms with van der Waals surface area (Å²) >= 11 is 0. The van der Waals surface area contributed by atoms with Gasteiger partial charge in [0.2, 0.25) is 10.0 Å². The number of sulfonamides is 1. The summed E-state index contributed by atoms with van der Waals surface area (Å²) in [5.74, 6) is 2.84. The molecule has 148 valence electrons. The largest absolute Gasteiger partial charge is 0.493 e. The maximum Gasteiger partial charge on any atom is 0.338 e. The zero-order chi connectivity index (χ0) is 20.0. The molecule has 1 fully saturated rings. The van der Waals surface area contributed by atoms with Gasteiger partial charge in [0.1, 0.15) is 6.61 Å². The summed E-state index contributed by atoms with van der Waals surface area (Å²) < 4.78 is 41.0. The van der Waals surface area contributed by atoms with Gasteiger partial charge in [-0.25, -0.2) is 13.2 Å². The molecule has 1 aromatic rings. The second-order valence-electron chi connectivity index (χ2n) is 6.12. The first-order valence-corrected chi connectivity index (χ1v) is 9.94. The lowest BCUT2D eigenvalue weighted by Crippen LogP contribution is -2.38. The number of methoxy groups -OCH3 is 2. The van der Waals surface area contributed by atoms with Gasteiger partial charge in [0.15, 0.2) is 11.5 Å². The van der Waals surface area contributed by atoms with Crippen LogP contribution in [0.3, 0.4) is 0 Å². The number of ether oxygens (including phenoxy) is 3. The van der Waals surface area contributed by atoms with E-state index in [1.165, 1.54) is 18.5 Å². The lowest BCUT2D eigenvalue weighted by Gasteiger charge is -2.22. The molecule has 0 amide bonds. The van der Waals surface area contributed by atoms with Gasteiger partial charge in [0, 0.05) is 19.1 Å². The van der Waals surface area contributed by atoms with Crippen molar-refractivity contribution in [2.75, 3.05) is 53.3 Å². The van der Waals surface area contributed by atoms with Crippen LogP contribution in [0.2, 0.25) is 0 Å². The van der Waals surface area contributed by atoms with E-state index >= 15 is 0 Å². The summed E-state index contributed by atoms with van der Waals surface area (Å²) in [6.45, 7) is 0.950. The second-order valence-corrected chi connectivity index (χ2v) is 8.13. The molecule has 1 saturated heterocycles. The van der Waals surface area contributed by atoms with Crippen LogP contribution in [-0.2, 0) is 14.8 Å². The zero-order valence-corrected chi connectivity index (χ0v) is 16.5. The van der Waals surface area contributed by atoms with Crippen LogP contribution in [0, 0.1) is 12.3 Å². The van der Waals surface area contributed by atoms with Gasteiger partial charge in [0.05, 0.1) is 32.1 Å². The Morgan fingerprint density at radius 3 is 2.67 bits per heavy atom. The summed E-state index contributed by atoms with van der Waals surface area (Å²) in [5.41, 5.74) is 0.346. The third kappa shape index (κ3) is 5.13. The van der Waals surface area contributed by atoms with Crippen LogP contribution in [0.1, 0.15) is 10.4 Å². The number of carbonyl (C=O) groups is 1. The minimum atomic E-state index is -3.33. The molecule has 1 aliphatic heterocycles. The molecule has 1 aromatic carbocycles. The van der Waals surface area contributed by atoms with E-state index in [1.807, 2.05) is 4.90 Å². The molecule has 8 nitrogen and oxygen atoms in total. The van der Waals surface area contributed by atoms with E-state index in [2.05, 4.69) is 5.92 Å². The number of carbonyl (C=O) groups excluding carboxylic acids is 1. The van der Waals surface area contributed by atoms with E-state index in [-0.39, 0.29) is 24.9 Å². The first-order chi connectivity index (χ1) is 12.8. The van der Waals surface area contributed by atoms with Gasteiger partial charge < -0.3 is 14.2 Å². The molecule has 1 aliphatic rings. The number of hydrogen-bond acceptors (Lipinski definition) is 7. The Kier molecular flexibility index (Phi) is 7.07. The molecular weight excluding hydrogens is 372 g/mol. The minimum Gasteiger partial charge on any atom is -0.493 e. The quantitative estimate of drug-likeness (QED) is 0.466. The zero-order valence-electron chi connectivity index (χ0n) is 15.7. The molecule has 1 unspecified atom stereocenters. The second kappa shape index (κ2) is 9.08. The van der Waals surface area contributed by atoms with Crippen molar-refractivity contribution in [1.29, 1.82) is 0 Å². The molecule has 0 bridgehead atoms. The maximum atomic E-state index is 12.2. The maximum absolute atomic E-state index is 12.2. The number of terminal acetylenes is 1. The van der Waals surface area contributed by atoms with Crippen LogP contribution >= 0.6 is 0 Å². The van der Waals surface area contributed by atoms with Crippen LogP contribution in [0.15, 0.2) is 18.2 Å². The molecule has 0 N–H and O–H groups in total.